The molecule has 2 aromatic carbocycles. The fraction of sp³-hybridized carbons (Fsp3) is 0.286. The zero-order valence-corrected chi connectivity index (χ0v) is 15.4. The van der Waals surface area contributed by atoms with Crippen LogP contribution in [0.2, 0.25) is 0 Å². The maximum absolute atomic E-state index is 13.0. The summed E-state index contributed by atoms with van der Waals surface area (Å²) in [5.41, 5.74) is 1.57. The lowest BCUT2D eigenvalue weighted by molar-refractivity contribution is -0.144. The summed E-state index contributed by atoms with van der Waals surface area (Å²) < 4.78 is 16.5. The highest BCUT2D eigenvalue weighted by Gasteiger charge is 2.46. The van der Waals surface area contributed by atoms with E-state index in [1.165, 1.54) is 4.90 Å². The van der Waals surface area contributed by atoms with Crippen LogP contribution < -0.4 is 14.8 Å². The molecular formula is C21H18N2O6. The first-order valence-electron chi connectivity index (χ1n) is 9.43. The number of fused-ring (bicyclic) bond motifs is 2. The number of nitrogens with one attached hydrogen (secondary N) is 1. The molecule has 5 rings (SSSR count). The smallest absolute Gasteiger partial charge is 0.340 e. The van der Waals surface area contributed by atoms with Gasteiger partial charge in [-0.05, 0) is 24.6 Å². The number of carbonyl (C=O) groups excluding carboxylic acids is 3. The molecule has 8 heteroatoms. The molecule has 0 aliphatic carbocycles. The summed E-state index contributed by atoms with van der Waals surface area (Å²) in [6, 6.07) is 11.3. The summed E-state index contributed by atoms with van der Waals surface area (Å²) in [4.78, 5) is 39.1. The number of carbonyl (C=O) groups is 3. The van der Waals surface area contributed by atoms with Gasteiger partial charge in [-0.2, -0.15) is 0 Å². The molecule has 0 aromatic heterocycles. The third-order valence-electron chi connectivity index (χ3n) is 5.29. The Morgan fingerprint density at radius 2 is 1.83 bits per heavy atom. The minimum atomic E-state index is -0.885. The van der Waals surface area contributed by atoms with Crippen LogP contribution in [0.3, 0.4) is 0 Å². The van der Waals surface area contributed by atoms with Gasteiger partial charge in [0.1, 0.15) is 19.3 Å². The van der Waals surface area contributed by atoms with Gasteiger partial charge in [-0.3, -0.25) is 14.5 Å². The first-order valence-corrected chi connectivity index (χ1v) is 9.43. The summed E-state index contributed by atoms with van der Waals surface area (Å²) in [5.74, 6) is 0.138. The van der Waals surface area contributed by atoms with Crippen LogP contribution >= 0.6 is 0 Å². The Morgan fingerprint density at radius 1 is 1.03 bits per heavy atom. The van der Waals surface area contributed by atoms with E-state index in [-0.39, 0.29) is 18.2 Å². The third kappa shape index (κ3) is 2.97. The van der Waals surface area contributed by atoms with Gasteiger partial charge in [-0.15, -0.1) is 0 Å². The number of anilines is 1. The molecule has 3 heterocycles. The second kappa shape index (κ2) is 6.80. The lowest BCUT2D eigenvalue weighted by Crippen LogP contribution is -2.43. The van der Waals surface area contributed by atoms with Gasteiger partial charge >= 0.3 is 5.97 Å². The molecule has 3 aliphatic rings. The molecule has 2 unspecified atom stereocenters. The third-order valence-corrected chi connectivity index (χ3v) is 5.29. The number of nitrogens with zero attached hydrogens (tertiary/aromatic N) is 1. The zero-order valence-electron chi connectivity index (χ0n) is 15.4. The van der Waals surface area contributed by atoms with Crippen molar-refractivity contribution in [3.8, 4) is 11.5 Å². The molecule has 1 N–H and O–H groups in total. The van der Waals surface area contributed by atoms with E-state index < -0.39 is 18.2 Å². The van der Waals surface area contributed by atoms with Crippen molar-refractivity contribution in [2.24, 2.45) is 0 Å². The van der Waals surface area contributed by atoms with Crippen molar-refractivity contribution in [1.82, 2.24) is 4.90 Å². The van der Waals surface area contributed by atoms with Gasteiger partial charge in [0.05, 0.1) is 5.56 Å². The Morgan fingerprint density at radius 3 is 2.69 bits per heavy atom. The van der Waals surface area contributed by atoms with Crippen LogP contribution in [0.25, 0.3) is 0 Å². The monoisotopic (exact) mass is 394 g/mol. The van der Waals surface area contributed by atoms with E-state index in [2.05, 4.69) is 5.32 Å². The maximum Gasteiger partial charge on any atom is 0.340 e. The molecular weight excluding hydrogens is 376 g/mol. The second-order valence-electron chi connectivity index (χ2n) is 7.05. The van der Waals surface area contributed by atoms with Crippen LogP contribution in [0.15, 0.2) is 42.5 Å². The molecule has 1 fully saturated rings. The van der Waals surface area contributed by atoms with Crippen molar-refractivity contribution in [2.75, 3.05) is 18.5 Å². The predicted octanol–water partition coefficient (Wildman–Crippen LogP) is 2.26. The summed E-state index contributed by atoms with van der Waals surface area (Å²) in [5, 5.41) is 2.83. The molecule has 1 saturated heterocycles. The normalized spacial score (nSPS) is 22.3. The van der Waals surface area contributed by atoms with E-state index in [1.54, 1.807) is 42.5 Å². The number of cyclic esters (lactones) is 1. The van der Waals surface area contributed by atoms with Gasteiger partial charge in [0.2, 0.25) is 18.0 Å². The minimum absolute atomic E-state index is 0.218. The fourth-order valence-corrected chi connectivity index (χ4v) is 3.93. The van der Waals surface area contributed by atoms with Crippen LogP contribution in [-0.4, -0.2) is 41.9 Å². The molecule has 148 valence electrons. The molecule has 29 heavy (non-hydrogen) atoms. The highest BCUT2D eigenvalue weighted by molar-refractivity contribution is 6.00. The van der Waals surface area contributed by atoms with E-state index >= 15 is 0 Å². The average Bonchev–Trinajstić information content (AvgIpc) is 3.28. The number of ether oxygens (including phenoxy) is 3. The molecule has 0 bridgehead atoms. The van der Waals surface area contributed by atoms with Crippen LogP contribution in [0.5, 0.6) is 11.5 Å². The van der Waals surface area contributed by atoms with Gasteiger partial charge in [0.25, 0.3) is 0 Å². The van der Waals surface area contributed by atoms with Crippen molar-refractivity contribution in [2.45, 2.75) is 25.1 Å². The van der Waals surface area contributed by atoms with Gasteiger partial charge in [0.15, 0.2) is 11.5 Å². The highest BCUT2D eigenvalue weighted by atomic mass is 16.6. The van der Waals surface area contributed by atoms with Crippen molar-refractivity contribution < 1.29 is 28.6 Å². The van der Waals surface area contributed by atoms with Crippen LogP contribution in [-0.2, 0) is 14.3 Å². The number of amides is 2. The van der Waals surface area contributed by atoms with E-state index in [0.717, 1.165) is 0 Å². The molecule has 8 nitrogen and oxygen atoms in total. The number of hydrogen-bond acceptors (Lipinski definition) is 6. The summed E-state index contributed by atoms with van der Waals surface area (Å²) in [6.07, 6.45) is -0.314. The highest BCUT2D eigenvalue weighted by Crippen LogP contribution is 2.39. The predicted molar refractivity (Wildman–Crippen MR) is 101 cm³/mol. The number of rotatable bonds is 3. The molecule has 2 atom stereocenters. The maximum atomic E-state index is 13.0. The molecule has 3 aliphatic heterocycles. The number of hydrogen-bond donors (Lipinski definition) is 1. The van der Waals surface area contributed by atoms with E-state index in [9.17, 15) is 14.4 Å². The lowest BCUT2D eigenvalue weighted by atomic mass is 10.1. The fourth-order valence-electron chi connectivity index (χ4n) is 3.93. The van der Waals surface area contributed by atoms with Crippen molar-refractivity contribution in [3.63, 3.8) is 0 Å². The van der Waals surface area contributed by atoms with E-state index in [1.807, 2.05) is 0 Å². The van der Waals surface area contributed by atoms with Crippen LogP contribution in [0, 0.1) is 0 Å². The molecule has 0 radical (unpaired) electrons. The van der Waals surface area contributed by atoms with Gasteiger partial charge in [-0.25, -0.2) is 4.79 Å². The first-order chi connectivity index (χ1) is 14.1. The van der Waals surface area contributed by atoms with Gasteiger partial charge < -0.3 is 19.5 Å². The zero-order chi connectivity index (χ0) is 20.0. The van der Waals surface area contributed by atoms with Crippen LogP contribution in [0.4, 0.5) is 5.69 Å². The Labute approximate surface area is 166 Å². The number of benzene rings is 2. The Balaban J connectivity index is 1.38. The van der Waals surface area contributed by atoms with E-state index in [0.29, 0.717) is 47.9 Å². The summed E-state index contributed by atoms with van der Waals surface area (Å²) in [6.45, 7) is 0.932. The SMILES string of the molecule is O=C1OC(N2C(=O)CCC2C(=O)Nc2ccc3c(c2)OCCO3)c2ccccc21. The minimum Gasteiger partial charge on any atom is -0.486 e. The molecule has 0 saturated carbocycles. The molecule has 2 amide bonds. The Hall–Kier alpha value is -3.55. The largest absolute Gasteiger partial charge is 0.486 e. The Kier molecular flexibility index (Phi) is 4.12. The first kappa shape index (κ1) is 17.5. The summed E-state index contributed by atoms with van der Waals surface area (Å²) >= 11 is 0. The van der Waals surface area contributed by atoms with Crippen molar-refractivity contribution >= 4 is 23.5 Å². The topological polar surface area (TPSA) is 94.2 Å². The molecule has 2 aromatic rings. The van der Waals surface area contributed by atoms with E-state index in [4.69, 9.17) is 14.2 Å². The lowest BCUT2D eigenvalue weighted by Gasteiger charge is -2.29. The number of likely N-dealkylation sites (tertiary alicyclic amines) is 1. The average molecular weight is 394 g/mol. The van der Waals surface area contributed by atoms with Crippen molar-refractivity contribution in [1.29, 1.82) is 0 Å². The number of esters is 1. The quantitative estimate of drug-likeness (QED) is 0.803. The standard InChI is InChI=1S/C21H18N2O6/c24-18-8-6-15(23(18)20-13-3-1-2-4-14(13)21(26)29-20)19(25)22-12-5-7-16-17(11-12)28-10-9-27-16/h1-5,7,11,15,20H,6,8-10H2,(H,22,25). The second-order valence-corrected chi connectivity index (χ2v) is 7.05. The van der Waals surface area contributed by atoms with Gasteiger partial charge in [0, 0.05) is 23.7 Å². The van der Waals surface area contributed by atoms with Gasteiger partial charge in [-0.1, -0.05) is 18.2 Å². The Bertz CT molecular complexity index is 1020. The van der Waals surface area contributed by atoms with Crippen LogP contribution in [0.1, 0.15) is 35.0 Å². The van der Waals surface area contributed by atoms with Crippen molar-refractivity contribution in [3.05, 3.63) is 53.6 Å². The molecule has 0 spiro atoms. The summed E-state index contributed by atoms with van der Waals surface area (Å²) in [7, 11) is 0.